The molecule has 1 aliphatic carbocycles. The summed E-state index contributed by atoms with van der Waals surface area (Å²) in [7, 11) is 0. The molecule has 1 saturated heterocycles. The SMILES string of the molecule is CCCC1(O)CN(C2CCC(C)C(C)C2)C1. The monoisotopic (exact) mass is 225 g/mol. The summed E-state index contributed by atoms with van der Waals surface area (Å²) in [6.45, 7) is 8.77. The molecule has 3 atom stereocenters. The topological polar surface area (TPSA) is 23.5 Å². The third-order valence-corrected chi connectivity index (χ3v) is 4.80. The van der Waals surface area contributed by atoms with E-state index < -0.39 is 0 Å². The molecule has 0 aromatic rings. The summed E-state index contributed by atoms with van der Waals surface area (Å²) in [4.78, 5) is 2.51. The molecule has 2 heteroatoms. The minimum Gasteiger partial charge on any atom is -0.387 e. The lowest BCUT2D eigenvalue weighted by atomic mass is 9.76. The fraction of sp³-hybridized carbons (Fsp3) is 1.00. The van der Waals surface area contributed by atoms with E-state index in [0.29, 0.717) is 0 Å². The van der Waals surface area contributed by atoms with E-state index in [-0.39, 0.29) is 5.60 Å². The maximum atomic E-state index is 10.2. The molecule has 0 amide bonds. The van der Waals surface area contributed by atoms with Crippen molar-refractivity contribution in [2.45, 2.75) is 64.5 Å². The maximum absolute atomic E-state index is 10.2. The van der Waals surface area contributed by atoms with Gasteiger partial charge in [0.05, 0.1) is 5.60 Å². The Morgan fingerprint density at radius 1 is 1.19 bits per heavy atom. The molecule has 0 aromatic carbocycles. The molecule has 2 aliphatic rings. The summed E-state index contributed by atoms with van der Waals surface area (Å²) in [6, 6.07) is 0.753. The molecular weight excluding hydrogens is 198 g/mol. The van der Waals surface area contributed by atoms with E-state index in [1.54, 1.807) is 0 Å². The zero-order valence-electron chi connectivity index (χ0n) is 11.1. The van der Waals surface area contributed by atoms with Crippen LogP contribution in [0.4, 0.5) is 0 Å². The number of hydrogen-bond donors (Lipinski definition) is 1. The van der Waals surface area contributed by atoms with Crippen LogP contribution in [-0.2, 0) is 0 Å². The third kappa shape index (κ3) is 2.43. The fourth-order valence-corrected chi connectivity index (χ4v) is 3.44. The molecule has 0 bridgehead atoms. The second-order valence-electron chi connectivity index (χ2n) is 6.30. The zero-order chi connectivity index (χ0) is 11.8. The van der Waals surface area contributed by atoms with Crippen molar-refractivity contribution in [3.05, 3.63) is 0 Å². The summed E-state index contributed by atoms with van der Waals surface area (Å²) >= 11 is 0. The van der Waals surface area contributed by atoms with Gasteiger partial charge in [0.15, 0.2) is 0 Å². The Morgan fingerprint density at radius 3 is 2.44 bits per heavy atom. The average molecular weight is 225 g/mol. The summed E-state index contributed by atoms with van der Waals surface area (Å²) in [6.07, 6.45) is 6.12. The van der Waals surface area contributed by atoms with Crippen LogP contribution in [0.3, 0.4) is 0 Å². The lowest BCUT2D eigenvalue weighted by Gasteiger charge is -2.52. The second kappa shape index (κ2) is 4.66. The van der Waals surface area contributed by atoms with Gasteiger partial charge >= 0.3 is 0 Å². The summed E-state index contributed by atoms with van der Waals surface area (Å²) < 4.78 is 0. The quantitative estimate of drug-likeness (QED) is 0.798. The highest BCUT2D eigenvalue weighted by Crippen LogP contribution is 2.37. The molecule has 2 fully saturated rings. The number of rotatable bonds is 3. The molecule has 0 radical (unpaired) electrons. The molecule has 0 aromatic heterocycles. The van der Waals surface area contributed by atoms with E-state index in [2.05, 4.69) is 25.7 Å². The molecule has 1 aliphatic heterocycles. The molecule has 16 heavy (non-hydrogen) atoms. The first-order valence-electron chi connectivity index (χ1n) is 7.00. The van der Waals surface area contributed by atoms with E-state index >= 15 is 0 Å². The van der Waals surface area contributed by atoms with Gasteiger partial charge in [-0.15, -0.1) is 0 Å². The number of likely N-dealkylation sites (tertiary alicyclic amines) is 1. The molecule has 1 N–H and O–H groups in total. The molecule has 2 nitrogen and oxygen atoms in total. The number of aliphatic hydroxyl groups is 1. The Balaban J connectivity index is 1.79. The first-order valence-corrected chi connectivity index (χ1v) is 7.00. The highest BCUT2D eigenvalue weighted by molar-refractivity contribution is 4.99. The van der Waals surface area contributed by atoms with Crippen LogP contribution >= 0.6 is 0 Å². The van der Waals surface area contributed by atoms with Crippen molar-refractivity contribution in [2.24, 2.45) is 11.8 Å². The number of hydrogen-bond acceptors (Lipinski definition) is 2. The molecular formula is C14H27NO. The Morgan fingerprint density at radius 2 is 1.88 bits per heavy atom. The number of β-amino-alcohol motifs (C(OH)–C–C–N with tert-alkyl or cyclic N) is 1. The third-order valence-electron chi connectivity index (χ3n) is 4.80. The van der Waals surface area contributed by atoms with Gasteiger partial charge in [-0.1, -0.05) is 27.2 Å². The average Bonchev–Trinajstić information content (AvgIpc) is 2.19. The fourth-order valence-electron chi connectivity index (χ4n) is 3.44. The minimum atomic E-state index is -0.346. The normalized spacial score (nSPS) is 39.4. The summed E-state index contributed by atoms with van der Waals surface area (Å²) in [5, 5.41) is 10.2. The van der Waals surface area contributed by atoms with Gasteiger partial charge in [-0.2, -0.15) is 0 Å². The minimum absolute atomic E-state index is 0.346. The summed E-state index contributed by atoms with van der Waals surface area (Å²) in [5.41, 5.74) is -0.346. The van der Waals surface area contributed by atoms with Crippen LogP contribution in [0.2, 0.25) is 0 Å². The lowest BCUT2D eigenvalue weighted by molar-refractivity contribution is -0.128. The molecule has 2 rings (SSSR count). The van der Waals surface area contributed by atoms with Crippen molar-refractivity contribution >= 4 is 0 Å². The van der Waals surface area contributed by atoms with Crippen molar-refractivity contribution in [2.75, 3.05) is 13.1 Å². The van der Waals surface area contributed by atoms with Crippen LogP contribution in [0.25, 0.3) is 0 Å². The maximum Gasteiger partial charge on any atom is 0.0900 e. The predicted octanol–water partition coefficient (Wildman–Crippen LogP) is 2.66. The van der Waals surface area contributed by atoms with E-state index in [1.165, 1.54) is 19.3 Å². The van der Waals surface area contributed by atoms with Gasteiger partial charge in [0, 0.05) is 19.1 Å². The van der Waals surface area contributed by atoms with Gasteiger partial charge in [0.1, 0.15) is 0 Å². The van der Waals surface area contributed by atoms with Crippen LogP contribution < -0.4 is 0 Å². The van der Waals surface area contributed by atoms with Gasteiger partial charge in [-0.25, -0.2) is 0 Å². The smallest absolute Gasteiger partial charge is 0.0900 e. The van der Waals surface area contributed by atoms with Crippen molar-refractivity contribution in [1.29, 1.82) is 0 Å². The lowest BCUT2D eigenvalue weighted by Crippen LogP contribution is -2.65. The second-order valence-corrected chi connectivity index (χ2v) is 6.30. The van der Waals surface area contributed by atoms with Gasteiger partial charge in [-0.3, -0.25) is 4.90 Å². The van der Waals surface area contributed by atoms with Crippen LogP contribution in [0, 0.1) is 11.8 Å². The largest absolute Gasteiger partial charge is 0.387 e. The molecule has 1 heterocycles. The van der Waals surface area contributed by atoms with E-state index in [9.17, 15) is 5.11 Å². The van der Waals surface area contributed by atoms with Gasteiger partial charge in [0.2, 0.25) is 0 Å². The number of nitrogens with zero attached hydrogens (tertiary/aromatic N) is 1. The highest BCUT2D eigenvalue weighted by Gasteiger charge is 2.44. The van der Waals surface area contributed by atoms with E-state index in [1.807, 2.05) is 0 Å². The van der Waals surface area contributed by atoms with E-state index in [0.717, 1.165) is 43.8 Å². The highest BCUT2D eigenvalue weighted by atomic mass is 16.3. The molecule has 1 saturated carbocycles. The van der Waals surface area contributed by atoms with Crippen molar-refractivity contribution in [3.8, 4) is 0 Å². The predicted molar refractivity (Wildman–Crippen MR) is 67.4 cm³/mol. The molecule has 94 valence electrons. The Hall–Kier alpha value is -0.0800. The van der Waals surface area contributed by atoms with Crippen LogP contribution in [0.1, 0.15) is 52.9 Å². The van der Waals surface area contributed by atoms with Crippen LogP contribution in [0.15, 0.2) is 0 Å². The van der Waals surface area contributed by atoms with Crippen molar-refractivity contribution < 1.29 is 5.11 Å². The Bertz CT molecular complexity index is 235. The van der Waals surface area contributed by atoms with Gasteiger partial charge < -0.3 is 5.11 Å². The van der Waals surface area contributed by atoms with Gasteiger partial charge in [0.25, 0.3) is 0 Å². The Labute approximate surface area is 100 Å². The molecule has 3 unspecified atom stereocenters. The van der Waals surface area contributed by atoms with Crippen molar-refractivity contribution in [1.82, 2.24) is 4.90 Å². The van der Waals surface area contributed by atoms with Crippen molar-refractivity contribution in [3.63, 3.8) is 0 Å². The van der Waals surface area contributed by atoms with Crippen LogP contribution in [0.5, 0.6) is 0 Å². The first-order chi connectivity index (χ1) is 7.54. The molecule has 0 spiro atoms. The standard InChI is InChI=1S/C14H27NO/c1-4-7-14(16)9-15(10-14)13-6-5-11(2)12(3)8-13/h11-13,16H,4-10H2,1-3H3. The zero-order valence-corrected chi connectivity index (χ0v) is 11.1. The Kier molecular flexibility index (Phi) is 3.60. The first kappa shape index (κ1) is 12.4. The summed E-state index contributed by atoms with van der Waals surface area (Å²) in [5.74, 6) is 1.76. The van der Waals surface area contributed by atoms with Gasteiger partial charge in [-0.05, 0) is 37.5 Å². The van der Waals surface area contributed by atoms with Crippen LogP contribution in [-0.4, -0.2) is 34.7 Å². The van der Waals surface area contributed by atoms with E-state index in [4.69, 9.17) is 0 Å².